The van der Waals surface area contributed by atoms with Crippen molar-refractivity contribution < 1.29 is 14.7 Å². The van der Waals surface area contributed by atoms with Gasteiger partial charge in [-0.05, 0) is 42.3 Å². The normalized spacial score (nSPS) is 18.3. The van der Waals surface area contributed by atoms with Crippen LogP contribution in [0.2, 0.25) is 0 Å². The Morgan fingerprint density at radius 1 is 1.21 bits per heavy atom. The summed E-state index contributed by atoms with van der Waals surface area (Å²) in [4.78, 5) is 25.6. The lowest BCUT2D eigenvalue weighted by Crippen LogP contribution is -2.41. The molecular weight excluding hydrogens is 304 g/mol. The minimum absolute atomic E-state index is 0.126. The largest absolute Gasteiger partial charge is 0.480 e. The third kappa shape index (κ3) is 4.15. The maximum absolute atomic E-state index is 12.5. The van der Waals surface area contributed by atoms with Crippen LogP contribution in [-0.4, -0.2) is 41.0 Å². The highest BCUT2D eigenvalue weighted by atomic mass is 16.4. The number of para-hydroxylation sites is 1. The first-order valence-electron chi connectivity index (χ1n) is 8.70. The van der Waals surface area contributed by atoms with Gasteiger partial charge in [0.2, 0.25) is 5.91 Å². The standard InChI is InChI=1S/C19H28N2O3/c1-12(2)14-7-5-8-15(13(3)4)18(14)20-17(22)11-21-10-6-9-16(21)19(23)24/h5,7-8,12-13,16H,6,9-11H2,1-4H3,(H,20,22)(H,23,24). The van der Waals surface area contributed by atoms with Crippen molar-refractivity contribution in [2.75, 3.05) is 18.4 Å². The number of rotatable bonds is 6. The van der Waals surface area contributed by atoms with Crippen molar-refractivity contribution in [3.05, 3.63) is 29.3 Å². The highest BCUT2D eigenvalue weighted by Crippen LogP contribution is 2.32. The van der Waals surface area contributed by atoms with Gasteiger partial charge in [-0.25, -0.2) is 0 Å². The van der Waals surface area contributed by atoms with E-state index in [-0.39, 0.29) is 12.5 Å². The number of carboxylic acid groups (broad SMARTS) is 1. The number of carboxylic acids is 1. The Labute approximate surface area is 144 Å². The van der Waals surface area contributed by atoms with Gasteiger partial charge in [-0.3, -0.25) is 14.5 Å². The van der Waals surface area contributed by atoms with E-state index in [4.69, 9.17) is 0 Å². The van der Waals surface area contributed by atoms with E-state index >= 15 is 0 Å². The Morgan fingerprint density at radius 2 is 1.79 bits per heavy atom. The van der Waals surface area contributed by atoms with Crippen LogP contribution in [0.1, 0.15) is 63.5 Å². The fourth-order valence-electron chi connectivity index (χ4n) is 3.35. The van der Waals surface area contributed by atoms with Gasteiger partial charge in [-0.2, -0.15) is 0 Å². The summed E-state index contributed by atoms with van der Waals surface area (Å²) >= 11 is 0. The number of benzene rings is 1. The van der Waals surface area contributed by atoms with Crippen LogP contribution in [0, 0.1) is 0 Å². The van der Waals surface area contributed by atoms with E-state index in [2.05, 4.69) is 33.0 Å². The quantitative estimate of drug-likeness (QED) is 0.837. The molecule has 1 unspecified atom stereocenters. The fourth-order valence-corrected chi connectivity index (χ4v) is 3.35. The van der Waals surface area contributed by atoms with Crippen LogP contribution >= 0.6 is 0 Å². The molecule has 0 radical (unpaired) electrons. The van der Waals surface area contributed by atoms with Crippen molar-refractivity contribution in [3.8, 4) is 0 Å². The highest BCUT2D eigenvalue weighted by Gasteiger charge is 2.31. The molecule has 132 valence electrons. The molecule has 24 heavy (non-hydrogen) atoms. The van der Waals surface area contributed by atoms with Gasteiger partial charge in [-0.15, -0.1) is 0 Å². The predicted molar refractivity (Wildman–Crippen MR) is 95.5 cm³/mol. The maximum atomic E-state index is 12.5. The number of nitrogens with zero attached hydrogens (tertiary/aromatic N) is 1. The van der Waals surface area contributed by atoms with E-state index in [1.165, 1.54) is 0 Å². The minimum Gasteiger partial charge on any atom is -0.480 e. The maximum Gasteiger partial charge on any atom is 0.320 e. The van der Waals surface area contributed by atoms with Crippen LogP contribution in [-0.2, 0) is 9.59 Å². The molecule has 1 aromatic rings. The second kappa shape index (κ2) is 7.79. The van der Waals surface area contributed by atoms with Crippen molar-refractivity contribution in [1.82, 2.24) is 4.90 Å². The van der Waals surface area contributed by atoms with E-state index < -0.39 is 12.0 Å². The minimum atomic E-state index is -0.842. The molecule has 1 saturated heterocycles. The van der Waals surface area contributed by atoms with Crippen molar-refractivity contribution >= 4 is 17.6 Å². The van der Waals surface area contributed by atoms with Gasteiger partial charge in [0.15, 0.2) is 0 Å². The van der Waals surface area contributed by atoms with Gasteiger partial charge in [-0.1, -0.05) is 45.9 Å². The number of hydrogen-bond donors (Lipinski definition) is 2. The molecule has 1 amide bonds. The van der Waals surface area contributed by atoms with E-state index in [9.17, 15) is 14.7 Å². The summed E-state index contributed by atoms with van der Waals surface area (Å²) in [5, 5.41) is 12.3. The molecule has 1 atom stereocenters. The average Bonchev–Trinajstić information content (AvgIpc) is 2.95. The first-order chi connectivity index (χ1) is 11.3. The molecule has 1 heterocycles. The number of hydrogen-bond acceptors (Lipinski definition) is 3. The number of amides is 1. The van der Waals surface area contributed by atoms with Gasteiger partial charge < -0.3 is 10.4 Å². The molecule has 5 heteroatoms. The third-order valence-electron chi connectivity index (χ3n) is 4.63. The summed E-state index contributed by atoms with van der Waals surface area (Å²) < 4.78 is 0. The smallest absolute Gasteiger partial charge is 0.320 e. The van der Waals surface area contributed by atoms with Crippen LogP contribution in [0.4, 0.5) is 5.69 Å². The van der Waals surface area contributed by atoms with E-state index in [0.717, 1.165) is 23.2 Å². The summed E-state index contributed by atoms with van der Waals surface area (Å²) in [6, 6.07) is 5.58. The van der Waals surface area contributed by atoms with Crippen molar-refractivity contribution in [3.63, 3.8) is 0 Å². The average molecular weight is 332 g/mol. The molecular formula is C19H28N2O3. The molecule has 5 nitrogen and oxygen atoms in total. The Kier molecular flexibility index (Phi) is 5.99. The second-order valence-corrected chi connectivity index (χ2v) is 7.14. The number of likely N-dealkylation sites (tertiary alicyclic amines) is 1. The first-order valence-corrected chi connectivity index (χ1v) is 8.70. The molecule has 0 saturated carbocycles. The molecule has 2 N–H and O–H groups in total. The monoisotopic (exact) mass is 332 g/mol. The summed E-state index contributed by atoms with van der Waals surface area (Å²) in [5.74, 6) is -0.376. The van der Waals surface area contributed by atoms with Gasteiger partial charge in [0.25, 0.3) is 0 Å². The summed E-state index contributed by atoms with van der Waals surface area (Å²) in [5.41, 5.74) is 3.12. The Balaban J connectivity index is 2.18. The van der Waals surface area contributed by atoms with Gasteiger partial charge >= 0.3 is 5.97 Å². The zero-order chi connectivity index (χ0) is 17.9. The van der Waals surface area contributed by atoms with Crippen LogP contribution < -0.4 is 5.32 Å². The number of carbonyl (C=O) groups is 2. The predicted octanol–water partition coefficient (Wildman–Crippen LogP) is 3.42. The van der Waals surface area contributed by atoms with E-state index in [1.54, 1.807) is 4.90 Å². The molecule has 0 aromatic heterocycles. The first kappa shape index (κ1) is 18.5. The lowest BCUT2D eigenvalue weighted by molar-refractivity contribution is -0.142. The Hall–Kier alpha value is -1.88. The molecule has 0 bridgehead atoms. The second-order valence-electron chi connectivity index (χ2n) is 7.14. The van der Waals surface area contributed by atoms with Crippen molar-refractivity contribution in [1.29, 1.82) is 0 Å². The zero-order valence-corrected chi connectivity index (χ0v) is 15.0. The number of aliphatic carboxylic acids is 1. The lowest BCUT2D eigenvalue weighted by Gasteiger charge is -2.23. The topological polar surface area (TPSA) is 69.6 Å². The number of anilines is 1. The fraction of sp³-hybridized carbons (Fsp3) is 0.579. The third-order valence-corrected chi connectivity index (χ3v) is 4.63. The van der Waals surface area contributed by atoms with Gasteiger partial charge in [0, 0.05) is 5.69 Å². The van der Waals surface area contributed by atoms with Crippen molar-refractivity contribution in [2.24, 2.45) is 0 Å². The lowest BCUT2D eigenvalue weighted by atomic mass is 9.92. The van der Waals surface area contributed by atoms with Crippen LogP contribution in [0.3, 0.4) is 0 Å². The Morgan fingerprint density at radius 3 is 2.29 bits per heavy atom. The molecule has 1 aliphatic heterocycles. The van der Waals surface area contributed by atoms with Crippen LogP contribution in [0.5, 0.6) is 0 Å². The molecule has 1 aromatic carbocycles. The molecule has 0 spiro atoms. The summed E-state index contributed by atoms with van der Waals surface area (Å²) in [6.07, 6.45) is 1.44. The van der Waals surface area contributed by atoms with Crippen molar-refractivity contribution in [2.45, 2.75) is 58.4 Å². The van der Waals surface area contributed by atoms with Crippen LogP contribution in [0.15, 0.2) is 18.2 Å². The molecule has 1 fully saturated rings. The summed E-state index contributed by atoms with van der Waals surface area (Å²) in [6.45, 7) is 9.21. The summed E-state index contributed by atoms with van der Waals surface area (Å²) in [7, 11) is 0. The molecule has 2 rings (SSSR count). The molecule has 1 aliphatic rings. The number of nitrogens with one attached hydrogen (secondary N) is 1. The zero-order valence-electron chi connectivity index (χ0n) is 15.0. The van der Waals surface area contributed by atoms with Gasteiger partial charge in [0.05, 0.1) is 6.54 Å². The van der Waals surface area contributed by atoms with E-state index in [1.807, 2.05) is 18.2 Å². The molecule has 0 aliphatic carbocycles. The highest BCUT2D eigenvalue weighted by molar-refractivity contribution is 5.94. The number of carbonyl (C=O) groups excluding carboxylic acids is 1. The van der Waals surface area contributed by atoms with Crippen LogP contribution in [0.25, 0.3) is 0 Å². The van der Waals surface area contributed by atoms with E-state index in [0.29, 0.717) is 24.8 Å². The van der Waals surface area contributed by atoms with Gasteiger partial charge in [0.1, 0.15) is 6.04 Å². The Bertz CT molecular complexity index is 584. The SMILES string of the molecule is CC(C)c1cccc(C(C)C)c1NC(=O)CN1CCCC1C(=O)O.